The number of nitrogens with zero attached hydrogens (tertiary/aromatic N) is 2. The van der Waals surface area contributed by atoms with E-state index in [1.165, 1.54) is 25.7 Å². The first kappa shape index (κ1) is 15.3. The molecule has 22 heavy (non-hydrogen) atoms. The average molecular weight is 302 g/mol. The second kappa shape index (κ2) is 7.58. The predicted molar refractivity (Wildman–Crippen MR) is 87.7 cm³/mol. The van der Waals surface area contributed by atoms with Crippen LogP contribution in [0, 0.1) is 5.92 Å². The van der Waals surface area contributed by atoms with Crippen molar-refractivity contribution in [1.29, 1.82) is 0 Å². The van der Waals surface area contributed by atoms with Crippen molar-refractivity contribution in [2.45, 2.75) is 38.6 Å². The van der Waals surface area contributed by atoms with Gasteiger partial charge in [0.1, 0.15) is 5.82 Å². The third-order valence-corrected chi connectivity index (χ3v) is 4.64. The standard InChI is InChI=1S/C17H26N4O/c22-17(15-7-8-18-13-15)20-12-14-5-6-16(19-11-14)21-9-3-1-2-4-10-21/h5-6,11,15,18H,1-4,7-10,12-13H2,(H,20,22). The van der Waals surface area contributed by atoms with Gasteiger partial charge in [-0.25, -0.2) is 4.98 Å². The van der Waals surface area contributed by atoms with E-state index in [9.17, 15) is 4.79 Å². The Morgan fingerprint density at radius 3 is 2.73 bits per heavy atom. The maximum absolute atomic E-state index is 12.0. The number of carbonyl (C=O) groups excluding carboxylic acids is 1. The summed E-state index contributed by atoms with van der Waals surface area (Å²) in [6.45, 7) is 4.54. The van der Waals surface area contributed by atoms with Crippen LogP contribution in [0.2, 0.25) is 0 Å². The highest BCUT2D eigenvalue weighted by atomic mass is 16.1. The summed E-state index contributed by atoms with van der Waals surface area (Å²) in [5.74, 6) is 1.35. The Bertz CT molecular complexity index is 474. The van der Waals surface area contributed by atoms with Gasteiger partial charge in [-0.3, -0.25) is 4.79 Å². The summed E-state index contributed by atoms with van der Waals surface area (Å²) in [4.78, 5) is 18.9. The lowest BCUT2D eigenvalue weighted by molar-refractivity contribution is -0.124. The van der Waals surface area contributed by atoms with E-state index in [0.717, 1.165) is 44.0 Å². The number of pyridine rings is 1. The topological polar surface area (TPSA) is 57.3 Å². The SMILES string of the molecule is O=C(NCc1ccc(N2CCCCCC2)nc1)C1CCNC1. The van der Waals surface area contributed by atoms with Crippen molar-refractivity contribution < 1.29 is 4.79 Å². The van der Waals surface area contributed by atoms with Crippen LogP contribution in [0.5, 0.6) is 0 Å². The first-order chi connectivity index (χ1) is 10.8. The highest BCUT2D eigenvalue weighted by Gasteiger charge is 2.21. The third-order valence-electron chi connectivity index (χ3n) is 4.64. The van der Waals surface area contributed by atoms with Crippen LogP contribution in [-0.4, -0.2) is 37.1 Å². The minimum Gasteiger partial charge on any atom is -0.357 e. The van der Waals surface area contributed by atoms with Gasteiger partial charge in [0, 0.05) is 32.4 Å². The van der Waals surface area contributed by atoms with E-state index < -0.39 is 0 Å². The number of nitrogens with one attached hydrogen (secondary N) is 2. The Labute approximate surface area is 132 Å². The monoisotopic (exact) mass is 302 g/mol. The molecular weight excluding hydrogens is 276 g/mol. The summed E-state index contributed by atoms with van der Waals surface area (Å²) in [5.41, 5.74) is 1.07. The molecule has 0 spiro atoms. The Balaban J connectivity index is 1.51. The van der Waals surface area contributed by atoms with E-state index in [0.29, 0.717) is 6.54 Å². The van der Waals surface area contributed by atoms with E-state index >= 15 is 0 Å². The van der Waals surface area contributed by atoms with Crippen LogP contribution in [0.4, 0.5) is 5.82 Å². The van der Waals surface area contributed by atoms with Crippen molar-refractivity contribution in [3.63, 3.8) is 0 Å². The fraction of sp³-hybridized carbons (Fsp3) is 0.647. The largest absolute Gasteiger partial charge is 0.357 e. The van der Waals surface area contributed by atoms with E-state index in [4.69, 9.17) is 0 Å². The summed E-state index contributed by atoms with van der Waals surface area (Å²) >= 11 is 0. The summed E-state index contributed by atoms with van der Waals surface area (Å²) in [6, 6.07) is 4.17. The van der Waals surface area contributed by atoms with Gasteiger partial charge in [-0.1, -0.05) is 18.9 Å². The molecule has 2 N–H and O–H groups in total. The van der Waals surface area contributed by atoms with Gasteiger partial charge in [-0.15, -0.1) is 0 Å². The van der Waals surface area contributed by atoms with E-state index in [1.54, 1.807) is 0 Å². The Hall–Kier alpha value is -1.62. The van der Waals surface area contributed by atoms with Crippen molar-refractivity contribution in [3.05, 3.63) is 23.9 Å². The quantitative estimate of drug-likeness (QED) is 0.888. The second-order valence-corrected chi connectivity index (χ2v) is 6.33. The van der Waals surface area contributed by atoms with Gasteiger partial charge < -0.3 is 15.5 Å². The average Bonchev–Trinajstić information content (AvgIpc) is 2.96. The van der Waals surface area contributed by atoms with Gasteiger partial charge in [0.05, 0.1) is 5.92 Å². The molecule has 1 atom stereocenters. The number of anilines is 1. The molecule has 0 aromatic carbocycles. The molecule has 5 heteroatoms. The maximum Gasteiger partial charge on any atom is 0.224 e. The molecule has 2 fully saturated rings. The first-order valence-electron chi connectivity index (χ1n) is 8.51. The van der Waals surface area contributed by atoms with Crippen LogP contribution < -0.4 is 15.5 Å². The summed E-state index contributed by atoms with van der Waals surface area (Å²) in [7, 11) is 0. The molecule has 3 rings (SSSR count). The Morgan fingerprint density at radius 2 is 2.09 bits per heavy atom. The number of aromatic nitrogens is 1. The molecule has 2 saturated heterocycles. The molecule has 0 aliphatic carbocycles. The summed E-state index contributed by atoms with van der Waals surface area (Å²) < 4.78 is 0. The van der Waals surface area contributed by atoms with Crippen molar-refractivity contribution in [3.8, 4) is 0 Å². The van der Waals surface area contributed by atoms with Crippen molar-refractivity contribution in [2.24, 2.45) is 5.92 Å². The fourth-order valence-corrected chi connectivity index (χ4v) is 3.22. The molecule has 3 heterocycles. The number of carbonyl (C=O) groups is 1. The van der Waals surface area contributed by atoms with Crippen molar-refractivity contribution in [1.82, 2.24) is 15.6 Å². The molecule has 120 valence electrons. The molecule has 2 aliphatic rings. The molecule has 5 nitrogen and oxygen atoms in total. The van der Waals surface area contributed by atoms with Gasteiger partial charge in [-0.05, 0) is 37.4 Å². The van der Waals surface area contributed by atoms with E-state index in [-0.39, 0.29) is 11.8 Å². The summed E-state index contributed by atoms with van der Waals surface area (Å²) in [5, 5.41) is 6.24. The maximum atomic E-state index is 12.0. The second-order valence-electron chi connectivity index (χ2n) is 6.33. The summed E-state index contributed by atoms with van der Waals surface area (Å²) in [6.07, 6.45) is 8.02. The molecule has 1 amide bonds. The molecule has 2 aliphatic heterocycles. The first-order valence-corrected chi connectivity index (χ1v) is 8.51. The highest BCUT2D eigenvalue weighted by Crippen LogP contribution is 2.17. The smallest absolute Gasteiger partial charge is 0.224 e. The van der Waals surface area contributed by atoms with E-state index in [2.05, 4.69) is 32.7 Å². The fourth-order valence-electron chi connectivity index (χ4n) is 3.22. The Morgan fingerprint density at radius 1 is 1.27 bits per heavy atom. The van der Waals surface area contributed by atoms with Crippen LogP contribution in [0.25, 0.3) is 0 Å². The zero-order valence-electron chi connectivity index (χ0n) is 13.2. The van der Waals surface area contributed by atoms with Crippen molar-refractivity contribution >= 4 is 11.7 Å². The molecule has 1 aromatic rings. The van der Waals surface area contributed by atoms with Crippen LogP contribution >= 0.6 is 0 Å². The number of amides is 1. The predicted octanol–water partition coefficient (Wildman–Crippen LogP) is 1.69. The normalized spacial score (nSPS) is 22.4. The van der Waals surface area contributed by atoms with Gasteiger partial charge in [0.2, 0.25) is 5.91 Å². The van der Waals surface area contributed by atoms with Crippen LogP contribution in [0.15, 0.2) is 18.3 Å². The Kier molecular flexibility index (Phi) is 5.27. The minimum absolute atomic E-state index is 0.129. The third kappa shape index (κ3) is 3.97. The molecule has 0 bridgehead atoms. The van der Waals surface area contributed by atoms with Gasteiger partial charge in [0.15, 0.2) is 0 Å². The minimum atomic E-state index is 0.129. The highest BCUT2D eigenvalue weighted by molar-refractivity contribution is 5.79. The van der Waals surface area contributed by atoms with Crippen LogP contribution in [0.1, 0.15) is 37.7 Å². The lowest BCUT2D eigenvalue weighted by atomic mass is 10.1. The van der Waals surface area contributed by atoms with Gasteiger partial charge in [-0.2, -0.15) is 0 Å². The van der Waals surface area contributed by atoms with Gasteiger partial charge in [0.25, 0.3) is 0 Å². The van der Waals surface area contributed by atoms with Crippen molar-refractivity contribution in [2.75, 3.05) is 31.1 Å². The molecule has 1 aromatic heterocycles. The molecule has 1 unspecified atom stereocenters. The van der Waals surface area contributed by atoms with E-state index in [1.807, 2.05) is 6.20 Å². The lowest BCUT2D eigenvalue weighted by Crippen LogP contribution is -2.31. The number of hydrogen-bond acceptors (Lipinski definition) is 4. The molecular formula is C17H26N4O. The number of rotatable bonds is 4. The zero-order valence-corrected chi connectivity index (χ0v) is 13.2. The molecule has 0 saturated carbocycles. The lowest BCUT2D eigenvalue weighted by Gasteiger charge is -2.21. The van der Waals surface area contributed by atoms with Gasteiger partial charge >= 0.3 is 0 Å². The molecule has 0 radical (unpaired) electrons. The number of hydrogen-bond donors (Lipinski definition) is 2. The zero-order chi connectivity index (χ0) is 15.2. The van der Waals surface area contributed by atoms with Crippen LogP contribution in [-0.2, 0) is 11.3 Å². The van der Waals surface area contributed by atoms with Crippen LogP contribution in [0.3, 0.4) is 0 Å².